The van der Waals surface area contributed by atoms with Crippen LogP contribution in [0.3, 0.4) is 0 Å². The van der Waals surface area contributed by atoms with Gasteiger partial charge in [-0.15, -0.1) is 13.2 Å². The van der Waals surface area contributed by atoms with Crippen molar-refractivity contribution in [2.24, 2.45) is 0 Å². The van der Waals surface area contributed by atoms with Crippen LogP contribution in [0.2, 0.25) is 0 Å². The fraction of sp³-hybridized carbons (Fsp3) is 0.333. The molecule has 0 amide bonds. The van der Waals surface area contributed by atoms with E-state index in [-0.39, 0.29) is 23.2 Å². The molecule has 0 bridgehead atoms. The number of furan rings is 1. The molecule has 4 nitrogen and oxygen atoms in total. The standard InChI is InChI=1S/C21H21F3O4/c1-13(12-20(2,3)25)26-15-9-8-14-10-19(27-18(14)11-15)16-6-4-5-7-17(16)28-21(22,23)24/h4-11,13,25H,12H2,1-3H3. The van der Waals surface area contributed by atoms with Gasteiger partial charge >= 0.3 is 6.36 Å². The Morgan fingerprint density at radius 3 is 2.46 bits per heavy atom. The summed E-state index contributed by atoms with van der Waals surface area (Å²) in [7, 11) is 0. The molecule has 0 spiro atoms. The molecule has 0 radical (unpaired) electrons. The van der Waals surface area contributed by atoms with Crippen molar-refractivity contribution in [3.63, 3.8) is 0 Å². The Morgan fingerprint density at radius 1 is 1.07 bits per heavy atom. The van der Waals surface area contributed by atoms with E-state index in [9.17, 15) is 18.3 Å². The minimum absolute atomic E-state index is 0.203. The Balaban J connectivity index is 1.88. The highest BCUT2D eigenvalue weighted by Gasteiger charge is 2.32. The maximum absolute atomic E-state index is 12.6. The Morgan fingerprint density at radius 2 is 1.79 bits per heavy atom. The summed E-state index contributed by atoms with van der Waals surface area (Å²) in [4.78, 5) is 0. The van der Waals surface area contributed by atoms with E-state index < -0.39 is 12.0 Å². The van der Waals surface area contributed by atoms with E-state index in [1.54, 1.807) is 44.2 Å². The van der Waals surface area contributed by atoms with E-state index in [4.69, 9.17) is 9.15 Å². The predicted molar refractivity (Wildman–Crippen MR) is 99.3 cm³/mol. The lowest BCUT2D eigenvalue weighted by atomic mass is 10.0. The molecule has 7 heteroatoms. The van der Waals surface area contributed by atoms with Crippen LogP contribution < -0.4 is 9.47 Å². The third-order valence-corrected chi connectivity index (χ3v) is 3.99. The summed E-state index contributed by atoms with van der Waals surface area (Å²) in [6, 6.07) is 12.7. The zero-order valence-electron chi connectivity index (χ0n) is 15.7. The van der Waals surface area contributed by atoms with Gasteiger partial charge in [-0.05, 0) is 51.1 Å². The second kappa shape index (κ2) is 7.39. The van der Waals surface area contributed by atoms with Crippen LogP contribution in [0.15, 0.2) is 52.9 Å². The molecule has 1 aromatic heterocycles. The molecule has 0 saturated heterocycles. The van der Waals surface area contributed by atoms with E-state index in [2.05, 4.69) is 4.74 Å². The number of aliphatic hydroxyl groups is 1. The van der Waals surface area contributed by atoms with Gasteiger partial charge in [0.05, 0.1) is 17.3 Å². The predicted octanol–water partition coefficient (Wildman–Crippen LogP) is 5.93. The molecule has 2 aromatic carbocycles. The lowest BCUT2D eigenvalue weighted by Gasteiger charge is -2.22. The summed E-state index contributed by atoms with van der Waals surface area (Å²) in [5.74, 6) is 0.478. The van der Waals surface area contributed by atoms with Crippen molar-refractivity contribution in [3.05, 3.63) is 48.5 Å². The fourth-order valence-electron chi connectivity index (χ4n) is 3.08. The third kappa shape index (κ3) is 5.19. The maximum atomic E-state index is 12.6. The molecule has 1 N–H and O–H groups in total. The zero-order valence-corrected chi connectivity index (χ0v) is 15.7. The van der Waals surface area contributed by atoms with Gasteiger partial charge in [0.15, 0.2) is 0 Å². The summed E-state index contributed by atoms with van der Waals surface area (Å²) in [5, 5.41) is 10.6. The van der Waals surface area contributed by atoms with Crippen molar-refractivity contribution in [1.29, 1.82) is 0 Å². The largest absolute Gasteiger partial charge is 0.573 e. The first-order chi connectivity index (χ1) is 13.0. The Kier molecular flexibility index (Phi) is 5.30. The number of ether oxygens (including phenoxy) is 2. The van der Waals surface area contributed by atoms with Crippen LogP contribution in [-0.4, -0.2) is 23.2 Å². The summed E-state index contributed by atoms with van der Waals surface area (Å²) < 4.78 is 53.6. The topological polar surface area (TPSA) is 51.8 Å². The Labute approximate surface area is 160 Å². The van der Waals surface area contributed by atoms with Crippen molar-refractivity contribution >= 4 is 11.0 Å². The van der Waals surface area contributed by atoms with Crippen LogP contribution >= 0.6 is 0 Å². The van der Waals surface area contributed by atoms with E-state index in [0.29, 0.717) is 17.8 Å². The minimum Gasteiger partial charge on any atom is -0.490 e. The molecule has 3 rings (SSSR count). The van der Waals surface area contributed by atoms with E-state index in [1.165, 1.54) is 18.2 Å². The number of alkyl halides is 3. The van der Waals surface area contributed by atoms with Crippen molar-refractivity contribution < 1.29 is 32.2 Å². The number of hydrogen-bond acceptors (Lipinski definition) is 4. The van der Waals surface area contributed by atoms with Gasteiger partial charge in [0.2, 0.25) is 0 Å². The average Bonchev–Trinajstić information content (AvgIpc) is 2.95. The summed E-state index contributed by atoms with van der Waals surface area (Å²) >= 11 is 0. The lowest BCUT2D eigenvalue weighted by Crippen LogP contribution is -2.27. The molecule has 1 unspecified atom stereocenters. The minimum atomic E-state index is -4.79. The van der Waals surface area contributed by atoms with Gasteiger partial charge in [0.25, 0.3) is 0 Å². The molecular weight excluding hydrogens is 373 g/mol. The third-order valence-electron chi connectivity index (χ3n) is 3.99. The first kappa shape index (κ1) is 20.1. The second-order valence-electron chi connectivity index (χ2n) is 7.30. The fourth-order valence-corrected chi connectivity index (χ4v) is 3.08. The molecule has 150 valence electrons. The maximum Gasteiger partial charge on any atom is 0.573 e. The second-order valence-corrected chi connectivity index (χ2v) is 7.30. The number of para-hydroxylation sites is 1. The van der Waals surface area contributed by atoms with Gasteiger partial charge in [-0.2, -0.15) is 0 Å². The molecule has 3 aromatic rings. The first-order valence-electron chi connectivity index (χ1n) is 8.78. The van der Waals surface area contributed by atoms with Crippen LogP contribution in [0.5, 0.6) is 11.5 Å². The smallest absolute Gasteiger partial charge is 0.490 e. The Bertz CT molecular complexity index is 954. The summed E-state index contributed by atoms with van der Waals surface area (Å²) in [6.45, 7) is 5.26. The van der Waals surface area contributed by atoms with Crippen LogP contribution in [-0.2, 0) is 0 Å². The van der Waals surface area contributed by atoms with Crippen molar-refractivity contribution in [1.82, 2.24) is 0 Å². The molecule has 1 heterocycles. The Hall–Kier alpha value is -2.67. The van der Waals surface area contributed by atoms with Gasteiger partial charge in [-0.3, -0.25) is 0 Å². The molecule has 0 aliphatic carbocycles. The van der Waals surface area contributed by atoms with Crippen molar-refractivity contribution in [2.75, 3.05) is 0 Å². The van der Waals surface area contributed by atoms with E-state index in [1.807, 2.05) is 6.92 Å². The van der Waals surface area contributed by atoms with Crippen LogP contribution in [0, 0.1) is 0 Å². The molecule has 0 aliphatic heterocycles. The quantitative estimate of drug-likeness (QED) is 0.563. The normalized spacial score (nSPS) is 13.5. The number of rotatable bonds is 6. The number of halogens is 3. The first-order valence-corrected chi connectivity index (χ1v) is 8.78. The molecule has 1 atom stereocenters. The highest BCUT2D eigenvalue weighted by atomic mass is 19.4. The van der Waals surface area contributed by atoms with Crippen LogP contribution in [0.4, 0.5) is 13.2 Å². The summed E-state index contributed by atoms with van der Waals surface area (Å²) in [5.41, 5.74) is -0.178. The highest BCUT2D eigenvalue weighted by molar-refractivity contribution is 5.85. The molecule has 0 fully saturated rings. The SMILES string of the molecule is CC(CC(C)(C)O)Oc1ccc2cc(-c3ccccc3OC(F)(F)F)oc2c1. The van der Waals surface area contributed by atoms with Crippen LogP contribution in [0.1, 0.15) is 27.2 Å². The lowest BCUT2D eigenvalue weighted by molar-refractivity contribution is -0.274. The monoisotopic (exact) mass is 394 g/mol. The number of fused-ring (bicyclic) bond motifs is 1. The van der Waals surface area contributed by atoms with Gasteiger partial charge in [-0.1, -0.05) is 12.1 Å². The molecule has 28 heavy (non-hydrogen) atoms. The van der Waals surface area contributed by atoms with Crippen molar-refractivity contribution in [3.8, 4) is 22.8 Å². The molecule has 0 aliphatic rings. The number of benzene rings is 2. The van der Waals surface area contributed by atoms with Gasteiger partial charge in [-0.25, -0.2) is 0 Å². The zero-order chi connectivity index (χ0) is 20.5. The van der Waals surface area contributed by atoms with Gasteiger partial charge in [0, 0.05) is 17.9 Å². The van der Waals surface area contributed by atoms with E-state index >= 15 is 0 Å². The average molecular weight is 394 g/mol. The van der Waals surface area contributed by atoms with Gasteiger partial charge in [0.1, 0.15) is 22.8 Å². The molecule has 0 saturated carbocycles. The molecular formula is C21H21F3O4. The summed E-state index contributed by atoms with van der Waals surface area (Å²) in [6.07, 6.45) is -4.58. The van der Waals surface area contributed by atoms with Gasteiger partial charge < -0.3 is 19.0 Å². The number of hydrogen-bond donors (Lipinski definition) is 1. The van der Waals surface area contributed by atoms with Crippen molar-refractivity contribution in [2.45, 2.75) is 45.3 Å². The van der Waals surface area contributed by atoms with Crippen LogP contribution in [0.25, 0.3) is 22.3 Å². The van der Waals surface area contributed by atoms with E-state index in [0.717, 1.165) is 5.39 Å². The highest BCUT2D eigenvalue weighted by Crippen LogP contribution is 2.37.